The number of anilines is 1. The number of thioether (sulfide) groups is 1. The third kappa shape index (κ3) is 6.40. The lowest BCUT2D eigenvalue weighted by Crippen LogP contribution is -2.66. The molecule has 1 N–H and O–H groups in total. The first kappa shape index (κ1) is 34.2. The van der Waals surface area contributed by atoms with Gasteiger partial charge in [-0.15, -0.1) is 11.8 Å². The maximum Gasteiger partial charge on any atom is 0.335 e. The quantitative estimate of drug-likeness (QED) is 0.185. The topological polar surface area (TPSA) is 119 Å². The minimum absolute atomic E-state index is 0.169. The summed E-state index contributed by atoms with van der Waals surface area (Å²) >= 11 is 1.59. The molecule has 0 aliphatic carbocycles. The van der Waals surface area contributed by atoms with Gasteiger partial charge in [0.2, 0.25) is 0 Å². The molecular weight excluding hydrogens is 627 g/mol. The Hall–Kier alpha value is -2.18. The zero-order valence-corrected chi connectivity index (χ0v) is 30.5. The van der Waals surface area contributed by atoms with Gasteiger partial charge in [-0.3, -0.25) is 9.36 Å². The summed E-state index contributed by atoms with van der Waals surface area (Å²) < 4.78 is 36.9. The van der Waals surface area contributed by atoms with Crippen molar-refractivity contribution in [3.8, 4) is 0 Å². The van der Waals surface area contributed by atoms with Crippen molar-refractivity contribution in [2.45, 2.75) is 102 Å². The number of hydrogen-bond acceptors (Lipinski definition) is 10. The molecule has 5 rings (SSSR count). The van der Waals surface area contributed by atoms with Crippen LogP contribution in [0.4, 0.5) is 5.82 Å². The van der Waals surface area contributed by atoms with Crippen LogP contribution in [0.15, 0.2) is 43.0 Å². The predicted molar refractivity (Wildman–Crippen MR) is 181 cm³/mol. The van der Waals surface area contributed by atoms with Crippen molar-refractivity contribution in [1.29, 1.82) is 0 Å². The second-order valence-electron chi connectivity index (χ2n) is 13.0. The lowest BCUT2D eigenvalue weighted by molar-refractivity contribution is -0.0616. The Labute approximate surface area is 272 Å². The van der Waals surface area contributed by atoms with Crippen molar-refractivity contribution in [2.24, 2.45) is 0 Å². The first-order valence-electron chi connectivity index (χ1n) is 15.8. The van der Waals surface area contributed by atoms with Crippen LogP contribution in [0.1, 0.15) is 72.0 Å². The number of amides is 1. The number of nitrogens with zero attached hydrogens (tertiary/aromatic N) is 4. The molecule has 2 fully saturated rings. The van der Waals surface area contributed by atoms with Crippen LogP contribution in [-0.4, -0.2) is 79.7 Å². The summed E-state index contributed by atoms with van der Waals surface area (Å²) in [4.78, 5) is 26.5. The molecule has 2 aliphatic rings. The lowest BCUT2D eigenvalue weighted by atomic mass is 10.1. The number of nitrogens with one attached hydrogen (secondary N) is 1. The number of rotatable bonds is 10. The number of carbonyl (C=O) groups excluding carboxylic acids is 1. The first-order valence-corrected chi connectivity index (χ1v) is 21.1. The highest BCUT2D eigenvalue weighted by molar-refractivity contribution is 7.98. The van der Waals surface area contributed by atoms with Gasteiger partial charge in [-0.05, 0) is 40.6 Å². The highest BCUT2D eigenvalue weighted by Crippen LogP contribution is 2.49. The van der Waals surface area contributed by atoms with E-state index in [1.807, 2.05) is 29.0 Å². The van der Waals surface area contributed by atoms with Gasteiger partial charge in [-0.1, -0.05) is 73.6 Å². The zero-order chi connectivity index (χ0) is 32.5. The summed E-state index contributed by atoms with van der Waals surface area (Å²) in [5.74, 6) is 0.494. The monoisotopic (exact) mass is 673 g/mol. The number of benzene rings is 1. The Morgan fingerprint density at radius 2 is 1.67 bits per heavy atom. The number of hydrogen-bond donors (Lipinski definition) is 1. The molecule has 246 valence electrons. The predicted octanol–water partition coefficient (Wildman–Crippen LogP) is 6.64. The van der Waals surface area contributed by atoms with Gasteiger partial charge in [-0.25, -0.2) is 15.0 Å². The zero-order valence-electron chi connectivity index (χ0n) is 27.7. The third-order valence-electron chi connectivity index (χ3n) is 8.90. The second-order valence-corrected chi connectivity index (χ2v) is 22.7. The molecule has 2 aromatic heterocycles. The molecule has 2 saturated heterocycles. The normalized spacial score (nSPS) is 24.7. The fraction of sp³-hybridized carbons (Fsp3) is 0.613. The molecule has 1 unspecified atom stereocenters. The van der Waals surface area contributed by atoms with E-state index in [0.29, 0.717) is 35.1 Å². The fourth-order valence-electron chi connectivity index (χ4n) is 6.57. The van der Waals surface area contributed by atoms with Gasteiger partial charge >= 0.3 is 17.1 Å². The Morgan fingerprint density at radius 3 is 2.29 bits per heavy atom. The molecule has 0 saturated carbocycles. The smallest absolute Gasteiger partial charge is 0.335 e. The van der Waals surface area contributed by atoms with Crippen LogP contribution >= 0.6 is 11.8 Å². The average molecular weight is 674 g/mol. The average Bonchev–Trinajstić information content (AvgIpc) is 3.57. The van der Waals surface area contributed by atoms with Gasteiger partial charge in [0.15, 0.2) is 23.2 Å². The van der Waals surface area contributed by atoms with Gasteiger partial charge in [0.1, 0.15) is 24.6 Å². The summed E-state index contributed by atoms with van der Waals surface area (Å²) in [6.07, 6.45) is 3.18. The van der Waals surface area contributed by atoms with Crippen LogP contribution in [0.2, 0.25) is 22.2 Å². The van der Waals surface area contributed by atoms with Gasteiger partial charge < -0.3 is 27.8 Å². The van der Waals surface area contributed by atoms with Gasteiger partial charge in [-0.2, -0.15) is 0 Å². The van der Waals surface area contributed by atoms with Crippen LogP contribution in [0.5, 0.6) is 0 Å². The standard InChI is InChI=1S/C31H47N5O6SSi2/c1-19(2)44(20(3)4)39-15-24-26(41-45(42-44,21(5)6)22(7)8)27(38-18-43-9)31(40-24)36-17-34-25-28(32-16-33-29(25)36)35-30(37)23-13-11-10-12-14-23/h10-14,16-17,19-22,24,26-27,31H,15,18H2,1-9H3,(H,32,33,35,37)/t24-,26?,27+,31-/m1/s1. The second kappa shape index (κ2) is 13.9. The van der Waals surface area contributed by atoms with E-state index < -0.39 is 41.7 Å². The number of imidazole rings is 1. The van der Waals surface area contributed by atoms with Crippen molar-refractivity contribution in [1.82, 2.24) is 19.5 Å². The Bertz CT molecular complexity index is 1440. The van der Waals surface area contributed by atoms with Crippen molar-refractivity contribution in [3.63, 3.8) is 0 Å². The van der Waals surface area contributed by atoms with Crippen molar-refractivity contribution in [2.75, 3.05) is 24.1 Å². The van der Waals surface area contributed by atoms with Crippen LogP contribution in [-0.2, 0) is 22.4 Å². The number of ether oxygens (including phenoxy) is 2. The minimum Gasteiger partial charge on any atom is -0.414 e. The maximum absolute atomic E-state index is 13.0. The van der Waals surface area contributed by atoms with E-state index in [-0.39, 0.29) is 28.1 Å². The Balaban J connectivity index is 1.55. The molecule has 4 atom stereocenters. The van der Waals surface area contributed by atoms with E-state index in [1.165, 1.54) is 6.33 Å². The highest BCUT2D eigenvalue weighted by Gasteiger charge is 2.62. The van der Waals surface area contributed by atoms with E-state index in [4.69, 9.17) is 22.4 Å². The van der Waals surface area contributed by atoms with Crippen LogP contribution in [0.25, 0.3) is 11.2 Å². The molecule has 14 heteroatoms. The number of carbonyl (C=O) groups is 1. The number of aromatic nitrogens is 4. The molecule has 3 aromatic rings. The van der Waals surface area contributed by atoms with Crippen LogP contribution in [0, 0.1) is 0 Å². The molecule has 4 heterocycles. The summed E-state index contributed by atoms with van der Waals surface area (Å²) in [5, 5.41) is 2.89. The van der Waals surface area contributed by atoms with E-state index in [1.54, 1.807) is 30.2 Å². The first-order chi connectivity index (χ1) is 21.4. The van der Waals surface area contributed by atoms with Crippen molar-refractivity contribution < 1.29 is 27.2 Å². The Morgan fingerprint density at radius 1 is 1.00 bits per heavy atom. The highest BCUT2D eigenvalue weighted by atomic mass is 32.2. The van der Waals surface area contributed by atoms with Gasteiger partial charge in [0.25, 0.3) is 5.91 Å². The van der Waals surface area contributed by atoms with Crippen molar-refractivity contribution in [3.05, 3.63) is 48.5 Å². The molecule has 0 radical (unpaired) electrons. The molecule has 2 aliphatic heterocycles. The SMILES string of the molecule is CSCO[C@H]1C2O[Si](C(C)C)(C(C)C)O[Si](C(C)C)(C(C)C)OC[C@H]2O[C@H]1n1cnc2c(NC(=O)c3ccccc3)ncnc21. The van der Waals surface area contributed by atoms with E-state index in [9.17, 15) is 4.79 Å². The molecule has 1 amide bonds. The minimum atomic E-state index is -2.90. The van der Waals surface area contributed by atoms with Crippen molar-refractivity contribution >= 4 is 51.8 Å². The fourth-order valence-corrected chi connectivity index (χ4v) is 18.1. The summed E-state index contributed by atoms with van der Waals surface area (Å²) in [5.41, 5.74) is 2.28. The van der Waals surface area contributed by atoms with E-state index in [0.717, 1.165) is 0 Å². The lowest BCUT2D eigenvalue weighted by Gasteiger charge is -2.51. The molecule has 11 nitrogen and oxygen atoms in total. The van der Waals surface area contributed by atoms with Gasteiger partial charge in [0.05, 0.1) is 18.9 Å². The molecule has 0 spiro atoms. The molecule has 0 bridgehead atoms. The largest absolute Gasteiger partial charge is 0.414 e. The Kier molecular flexibility index (Phi) is 10.6. The molecule has 45 heavy (non-hydrogen) atoms. The summed E-state index contributed by atoms with van der Waals surface area (Å²) in [6, 6.07) is 9.00. The van der Waals surface area contributed by atoms with Crippen LogP contribution < -0.4 is 5.32 Å². The van der Waals surface area contributed by atoms with E-state index in [2.05, 4.69) is 75.7 Å². The molecular formula is C31H47N5O6SSi2. The summed E-state index contributed by atoms with van der Waals surface area (Å²) in [7, 11) is -5.64. The number of fused-ring (bicyclic) bond motifs is 2. The van der Waals surface area contributed by atoms with Crippen LogP contribution in [0.3, 0.4) is 0 Å². The summed E-state index contributed by atoms with van der Waals surface area (Å²) in [6.45, 7) is 18.0. The van der Waals surface area contributed by atoms with Gasteiger partial charge in [0, 0.05) is 5.56 Å². The van der Waals surface area contributed by atoms with E-state index >= 15 is 0 Å². The molecule has 1 aromatic carbocycles. The third-order valence-corrected chi connectivity index (χ3v) is 19.5. The maximum atomic E-state index is 13.0.